The Morgan fingerprint density at radius 3 is 2.92 bits per heavy atom. The lowest BCUT2D eigenvalue weighted by Gasteiger charge is -2.22. The number of hydrogen-bond acceptors (Lipinski definition) is 8. The lowest BCUT2D eigenvalue weighted by Crippen LogP contribution is -2.31. The van der Waals surface area contributed by atoms with Crippen LogP contribution in [0.3, 0.4) is 0 Å². The van der Waals surface area contributed by atoms with E-state index in [-0.39, 0.29) is 0 Å². The molecule has 0 bridgehead atoms. The van der Waals surface area contributed by atoms with E-state index >= 15 is 0 Å². The predicted octanol–water partition coefficient (Wildman–Crippen LogP) is 0.767. The van der Waals surface area contributed by atoms with Crippen LogP contribution in [0.1, 0.15) is 18.1 Å². The number of hydrogen-bond donors (Lipinski definition) is 0. The summed E-state index contributed by atoms with van der Waals surface area (Å²) in [5, 5.41) is 9.29. The van der Waals surface area contributed by atoms with Gasteiger partial charge >= 0.3 is 0 Å². The summed E-state index contributed by atoms with van der Waals surface area (Å²) in [7, 11) is 1.90. The molecule has 0 amide bonds. The summed E-state index contributed by atoms with van der Waals surface area (Å²) in [6, 6.07) is 0. The van der Waals surface area contributed by atoms with Crippen LogP contribution in [-0.4, -0.2) is 61.0 Å². The van der Waals surface area contributed by atoms with Crippen molar-refractivity contribution < 1.29 is 4.52 Å². The first-order valence-electron chi connectivity index (χ1n) is 8.10. The Kier molecular flexibility index (Phi) is 3.85. The van der Waals surface area contributed by atoms with Crippen molar-refractivity contribution >= 4 is 16.9 Å². The molecule has 9 nitrogen and oxygen atoms in total. The lowest BCUT2D eigenvalue weighted by atomic mass is 10.3. The Hall–Kier alpha value is -2.55. The maximum absolute atomic E-state index is 5.05. The van der Waals surface area contributed by atoms with Crippen molar-refractivity contribution in [2.75, 3.05) is 31.1 Å². The van der Waals surface area contributed by atoms with Gasteiger partial charge in [-0.25, -0.2) is 9.97 Å². The number of rotatable bonds is 3. The van der Waals surface area contributed by atoms with Gasteiger partial charge in [0.15, 0.2) is 11.5 Å². The van der Waals surface area contributed by atoms with Crippen molar-refractivity contribution in [3.63, 3.8) is 0 Å². The highest BCUT2D eigenvalue weighted by Crippen LogP contribution is 2.23. The fourth-order valence-electron chi connectivity index (χ4n) is 3.15. The van der Waals surface area contributed by atoms with Gasteiger partial charge in [0, 0.05) is 40.2 Å². The predicted molar refractivity (Wildman–Crippen MR) is 87.4 cm³/mol. The smallest absolute Gasteiger partial charge is 0.223 e. The van der Waals surface area contributed by atoms with Gasteiger partial charge in [0.05, 0.1) is 18.1 Å². The molecule has 0 saturated carbocycles. The molecule has 24 heavy (non-hydrogen) atoms. The molecule has 4 rings (SSSR count). The number of fused-ring (bicyclic) bond motifs is 1. The van der Waals surface area contributed by atoms with Gasteiger partial charge in [-0.3, -0.25) is 9.58 Å². The van der Waals surface area contributed by atoms with E-state index in [0.717, 1.165) is 61.8 Å². The molecule has 3 aromatic rings. The monoisotopic (exact) mass is 328 g/mol. The van der Waals surface area contributed by atoms with Gasteiger partial charge in [-0.05, 0) is 6.42 Å². The first-order chi connectivity index (χ1) is 11.7. The van der Waals surface area contributed by atoms with Crippen LogP contribution in [0.2, 0.25) is 0 Å². The van der Waals surface area contributed by atoms with Gasteiger partial charge in [-0.2, -0.15) is 10.1 Å². The van der Waals surface area contributed by atoms with Crippen molar-refractivity contribution in [1.82, 2.24) is 34.8 Å². The third-order valence-corrected chi connectivity index (χ3v) is 4.33. The van der Waals surface area contributed by atoms with Crippen LogP contribution in [0.5, 0.6) is 0 Å². The zero-order valence-corrected chi connectivity index (χ0v) is 13.9. The highest BCUT2D eigenvalue weighted by atomic mass is 16.5. The van der Waals surface area contributed by atoms with Gasteiger partial charge in [0.2, 0.25) is 5.89 Å². The summed E-state index contributed by atoms with van der Waals surface area (Å²) in [5.74, 6) is 2.32. The molecule has 0 aliphatic carbocycles. The fourth-order valence-corrected chi connectivity index (χ4v) is 3.15. The zero-order chi connectivity index (χ0) is 16.5. The van der Waals surface area contributed by atoms with Crippen molar-refractivity contribution in [3.8, 4) is 0 Å². The van der Waals surface area contributed by atoms with Gasteiger partial charge in [0.25, 0.3) is 0 Å². The fraction of sp³-hybridized carbons (Fsp3) is 0.533. The Labute approximate surface area is 139 Å². The van der Waals surface area contributed by atoms with Crippen molar-refractivity contribution in [3.05, 3.63) is 24.2 Å². The molecular formula is C15H20N8O. The standard InChI is InChI=1S/C15H20N8O/c1-11-19-13(20-24-11)9-22-4-3-5-23(7-6-22)15-12-8-18-21(2)14(12)16-10-17-15/h8,10H,3-7,9H2,1-2H3. The second-order valence-electron chi connectivity index (χ2n) is 6.05. The van der Waals surface area contributed by atoms with Crippen LogP contribution in [0.4, 0.5) is 5.82 Å². The molecule has 126 valence electrons. The summed E-state index contributed by atoms with van der Waals surface area (Å²) < 4.78 is 6.83. The van der Waals surface area contributed by atoms with E-state index in [9.17, 15) is 0 Å². The first-order valence-corrected chi connectivity index (χ1v) is 8.10. The van der Waals surface area contributed by atoms with Crippen LogP contribution >= 0.6 is 0 Å². The molecule has 0 aromatic carbocycles. The van der Waals surface area contributed by atoms with Crippen LogP contribution in [-0.2, 0) is 13.6 Å². The quantitative estimate of drug-likeness (QED) is 0.696. The normalized spacial score (nSPS) is 16.7. The zero-order valence-electron chi connectivity index (χ0n) is 13.9. The van der Waals surface area contributed by atoms with Crippen LogP contribution in [0, 0.1) is 6.92 Å². The average Bonchev–Trinajstić information content (AvgIpc) is 3.07. The van der Waals surface area contributed by atoms with Crippen molar-refractivity contribution in [1.29, 1.82) is 0 Å². The molecule has 0 N–H and O–H groups in total. The molecule has 3 aromatic heterocycles. The van der Waals surface area contributed by atoms with Crippen LogP contribution in [0.25, 0.3) is 11.0 Å². The molecule has 1 aliphatic heterocycles. The second-order valence-corrected chi connectivity index (χ2v) is 6.05. The highest BCUT2D eigenvalue weighted by Gasteiger charge is 2.20. The summed E-state index contributed by atoms with van der Waals surface area (Å²) >= 11 is 0. The molecule has 9 heteroatoms. The second kappa shape index (κ2) is 6.16. The summed E-state index contributed by atoms with van der Waals surface area (Å²) in [6.45, 7) is 6.33. The van der Waals surface area contributed by atoms with Crippen LogP contribution in [0.15, 0.2) is 17.0 Å². The molecule has 1 fully saturated rings. The Balaban J connectivity index is 1.49. The van der Waals surface area contributed by atoms with Crippen molar-refractivity contribution in [2.45, 2.75) is 19.9 Å². The first kappa shape index (κ1) is 15.0. The molecule has 1 saturated heterocycles. The van der Waals surface area contributed by atoms with Gasteiger partial charge in [-0.1, -0.05) is 5.16 Å². The van der Waals surface area contributed by atoms with Gasteiger partial charge in [-0.15, -0.1) is 0 Å². The molecule has 0 unspecified atom stereocenters. The Morgan fingerprint density at radius 1 is 1.17 bits per heavy atom. The Morgan fingerprint density at radius 2 is 2.08 bits per heavy atom. The third-order valence-electron chi connectivity index (χ3n) is 4.33. The Bertz CT molecular complexity index is 841. The van der Waals surface area contributed by atoms with Gasteiger partial charge in [0.1, 0.15) is 12.1 Å². The minimum Gasteiger partial charge on any atom is -0.355 e. The molecule has 0 radical (unpaired) electrons. The summed E-state index contributed by atoms with van der Waals surface area (Å²) in [4.78, 5) is 17.8. The van der Waals surface area contributed by atoms with Gasteiger partial charge < -0.3 is 9.42 Å². The lowest BCUT2D eigenvalue weighted by molar-refractivity contribution is 0.272. The number of nitrogens with zero attached hydrogens (tertiary/aromatic N) is 8. The third kappa shape index (κ3) is 2.82. The van der Waals surface area contributed by atoms with E-state index in [2.05, 4.69) is 35.0 Å². The largest absolute Gasteiger partial charge is 0.355 e. The molecule has 1 aliphatic rings. The van der Waals surface area contributed by atoms with E-state index in [4.69, 9.17) is 4.52 Å². The van der Waals surface area contributed by atoms with Crippen molar-refractivity contribution in [2.24, 2.45) is 7.05 Å². The van der Waals surface area contributed by atoms with E-state index in [1.54, 1.807) is 11.0 Å². The maximum Gasteiger partial charge on any atom is 0.223 e. The van der Waals surface area contributed by atoms with E-state index in [0.29, 0.717) is 5.89 Å². The SMILES string of the molecule is Cc1nc(CN2CCCN(c3ncnc4c3cnn4C)CC2)no1. The highest BCUT2D eigenvalue weighted by molar-refractivity contribution is 5.86. The van der Waals surface area contributed by atoms with E-state index < -0.39 is 0 Å². The molecule has 0 spiro atoms. The molecule has 4 heterocycles. The average molecular weight is 328 g/mol. The number of aryl methyl sites for hydroxylation is 2. The maximum atomic E-state index is 5.05. The minimum atomic E-state index is 0.612. The minimum absolute atomic E-state index is 0.612. The number of anilines is 1. The summed E-state index contributed by atoms with van der Waals surface area (Å²) in [6.07, 6.45) is 4.52. The molecule has 0 atom stereocenters. The topological polar surface area (TPSA) is 89.0 Å². The van der Waals surface area contributed by atoms with E-state index in [1.807, 2.05) is 20.2 Å². The van der Waals surface area contributed by atoms with Crippen LogP contribution < -0.4 is 4.90 Å². The molecular weight excluding hydrogens is 308 g/mol. The number of aromatic nitrogens is 6. The van der Waals surface area contributed by atoms with E-state index in [1.165, 1.54) is 0 Å². The summed E-state index contributed by atoms with van der Waals surface area (Å²) in [5.41, 5.74) is 0.864.